The van der Waals surface area contributed by atoms with Gasteiger partial charge in [0.15, 0.2) is 5.78 Å². The number of carbonyl (C=O) groups is 2. The Hall–Kier alpha value is -1.85. The Labute approximate surface area is 112 Å². The summed E-state index contributed by atoms with van der Waals surface area (Å²) in [5, 5.41) is 13.7. The summed E-state index contributed by atoms with van der Waals surface area (Å²) >= 11 is 0. The third kappa shape index (κ3) is 4.39. The molecule has 6 nitrogen and oxygen atoms in total. The van der Waals surface area contributed by atoms with Gasteiger partial charge >= 0.3 is 5.97 Å². The highest BCUT2D eigenvalue weighted by atomic mass is 16.6. The van der Waals surface area contributed by atoms with Crippen molar-refractivity contribution in [1.29, 1.82) is 0 Å². The van der Waals surface area contributed by atoms with Gasteiger partial charge < -0.3 is 14.7 Å². The van der Waals surface area contributed by atoms with Gasteiger partial charge in [-0.3, -0.25) is 9.59 Å². The van der Waals surface area contributed by atoms with Crippen molar-refractivity contribution in [3.63, 3.8) is 0 Å². The first-order chi connectivity index (χ1) is 9.10. The molecule has 0 aromatic carbocycles. The molecule has 0 saturated heterocycles. The molecule has 6 heteroatoms. The van der Waals surface area contributed by atoms with E-state index in [9.17, 15) is 14.7 Å². The lowest BCUT2D eigenvalue weighted by molar-refractivity contribution is -0.140. The summed E-state index contributed by atoms with van der Waals surface area (Å²) in [5.74, 6) is -0.529. The highest BCUT2D eigenvalue weighted by Crippen LogP contribution is 2.23. The van der Waals surface area contributed by atoms with Crippen LogP contribution in [0.15, 0.2) is 16.5 Å². The van der Waals surface area contributed by atoms with Crippen LogP contribution in [0.4, 0.5) is 0 Å². The van der Waals surface area contributed by atoms with Crippen LogP contribution in [0.5, 0.6) is 0 Å². The van der Waals surface area contributed by atoms with Gasteiger partial charge in [0, 0.05) is 19.3 Å². The molecule has 1 N–H and O–H groups in total. The molecule has 0 saturated carbocycles. The molecule has 0 aromatic heterocycles. The standard InChI is InChI=1S/C13H19NO5/c1-3-19-14-9(7-8-12(17)18-2)13-10(15)5-4-6-11(13)16/h15H,3-8H2,1-2H3. The van der Waals surface area contributed by atoms with E-state index in [1.807, 2.05) is 0 Å². The van der Waals surface area contributed by atoms with Crippen LogP contribution in [0.1, 0.15) is 39.0 Å². The molecule has 0 bridgehead atoms. The summed E-state index contributed by atoms with van der Waals surface area (Å²) in [6, 6.07) is 0. The van der Waals surface area contributed by atoms with Crippen molar-refractivity contribution in [2.24, 2.45) is 5.16 Å². The van der Waals surface area contributed by atoms with Gasteiger partial charge in [-0.25, -0.2) is 0 Å². The molecule has 0 heterocycles. The molecule has 0 amide bonds. The molecule has 106 valence electrons. The number of aliphatic hydroxyl groups excluding tert-OH is 1. The van der Waals surface area contributed by atoms with E-state index in [0.29, 0.717) is 31.6 Å². The first-order valence-electron chi connectivity index (χ1n) is 6.31. The second-order valence-corrected chi connectivity index (χ2v) is 4.13. The Kier molecular flexibility index (Phi) is 6.05. The van der Waals surface area contributed by atoms with Gasteiger partial charge in [-0.05, 0) is 13.3 Å². The number of oxime groups is 1. The molecule has 0 spiro atoms. The SMILES string of the molecule is CCON=C(CCC(=O)OC)C1=C(O)CCCC1=O. The average molecular weight is 269 g/mol. The maximum absolute atomic E-state index is 11.9. The number of ether oxygens (including phenoxy) is 1. The largest absolute Gasteiger partial charge is 0.511 e. The zero-order valence-corrected chi connectivity index (χ0v) is 11.3. The Morgan fingerprint density at radius 2 is 2.11 bits per heavy atom. The minimum Gasteiger partial charge on any atom is -0.511 e. The fraction of sp³-hybridized carbons (Fsp3) is 0.615. The summed E-state index contributed by atoms with van der Waals surface area (Å²) in [7, 11) is 1.30. The Balaban J connectivity index is 2.90. The maximum atomic E-state index is 11.9. The van der Waals surface area contributed by atoms with Crippen LogP contribution in [-0.2, 0) is 19.2 Å². The number of rotatable bonds is 6. The zero-order valence-electron chi connectivity index (χ0n) is 11.3. The third-order valence-corrected chi connectivity index (χ3v) is 2.77. The first kappa shape index (κ1) is 15.2. The van der Waals surface area contributed by atoms with E-state index in [1.165, 1.54) is 7.11 Å². The van der Waals surface area contributed by atoms with Crippen LogP contribution < -0.4 is 0 Å². The van der Waals surface area contributed by atoms with Crippen molar-refractivity contribution in [2.75, 3.05) is 13.7 Å². The van der Waals surface area contributed by atoms with Crippen molar-refractivity contribution in [3.05, 3.63) is 11.3 Å². The van der Waals surface area contributed by atoms with E-state index >= 15 is 0 Å². The quantitative estimate of drug-likeness (QED) is 0.452. The minimum atomic E-state index is -0.396. The molecular weight excluding hydrogens is 250 g/mol. The number of esters is 1. The lowest BCUT2D eigenvalue weighted by Crippen LogP contribution is -2.21. The number of hydrogen-bond acceptors (Lipinski definition) is 6. The van der Waals surface area contributed by atoms with Crippen molar-refractivity contribution in [2.45, 2.75) is 39.0 Å². The van der Waals surface area contributed by atoms with Crippen LogP contribution in [-0.4, -0.2) is 36.3 Å². The van der Waals surface area contributed by atoms with Gasteiger partial charge in [0.25, 0.3) is 0 Å². The number of Topliss-reactive ketones (excluding diaryl/α,β-unsaturated/α-hetero) is 1. The number of aliphatic hydroxyl groups is 1. The molecular formula is C13H19NO5. The van der Waals surface area contributed by atoms with E-state index in [2.05, 4.69) is 9.89 Å². The molecule has 0 fully saturated rings. The van der Waals surface area contributed by atoms with Gasteiger partial charge in [0.2, 0.25) is 0 Å². The Morgan fingerprint density at radius 1 is 1.37 bits per heavy atom. The summed E-state index contributed by atoms with van der Waals surface area (Å²) in [6.07, 6.45) is 1.75. The summed E-state index contributed by atoms with van der Waals surface area (Å²) in [5.41, 5.74) is 0.512. The van der Waals surface area contributed by atoms with Gasteiger partial charge in [-0.15, -0.1) is 0 Å². The topological polar surface area (TPSA) is 85.2 Å². The normalized spacial score (nSPS) is 16.5. The van der Waals surface area contributed by atoms with Gasteiger partial charge in [-0.1, -0.05) is 5.16 Å². The molecule has 0 aliphatic heterocycles. The second kappa shape index (κ2) is 7.56. The number of ketones is 1. The van der Waals surface area contributed by atoms with Crippen LogP contribution in [0.3, 0.4) is 0 Å². The summed E-state index contributed by atoms with van der Waals surface area (Å²) in [6.45, 7) is 2.11. The second-order valence-electron chi connectivity index (χ2n) is 4.13. The fourth-order valence-electron chi connectivity index (χ4n) is 1.84. The van der Waals surface area contributed by atoms with Crippen molar-refractivity contribution < 1.29 is 24.3 Å². The van der Waals surface area contributed by atoms with E-state index in [1.54, 1.807) is 6.92 Å². The van der Waals surface area contributed by atoms with Crippen LogP contribution in [0, 0.1) is 0 Å². The van der Waals surface area contributed by atoms with E-state index in [-0.39, 0.29) is 30.0 Å². The molecule has 0 radical (unpaired) electrons. The number of allylic oxidation sites excluding steroid dienone is 2. The van der Waals surface area contributed by atoms with E-state index in [4.69, 9.17) is 4.84 Å². The zero-order chi connectivity index (χ0) is 14.3. The minimum absolute atomic E-state index is 0.0274. The van der Waals surface area contributed by atoms with Crippen molar-refractivity contribution in [1.82, 2.24) is 0 Å². The van der Waals surface area contributed by atoms with Gasteiger partial charge in [-0.2, -0.15) is 0 Å². The van der Waals surface area contributed by atoms with E-state index in [0.717, 1.165) is 0 Å². The fourth-order valence-corrected chi connectivity index (χ4v) is 1.84. The van der Waals surface area contributed by atoms with E-state index < -0.39 is 5.97 Å². The summed E-state index contributed by atoms with van der Waals surface area (Å²) < 4.78 is 4.55. The molecule has 0 aromatic rings. The maximum Gasteiger partial charge on any atom is 0.305 e. The van der Waals surface area contributed by atoms with Gasteiger partial charge in [0.05, 0.1) is 24.8 Å². The smallest absolute Gasteiger partial charge is 0.305 e. The Morgan fingerprint density at radius 3 is 2.68 bits per heavy atom. The number of methoxy groups -OCH3 is 1. The molecule has 1 aliphatic rings. The molecule has 0 unspecified atom stereocenters. The van der Waals surface area contributed by atoms with Crippen LogP contribution in [0.2, 0.25) is 0 Å². The van der Waals surface area contributed by atoms with Crippen molar-refractivity contribution >= 4 is 17.5 Å². The number of nitrogens with zero attached hydrogens (tertiary/aromatic N) is 1. The number of carbonyl (C=O) groups excluding carboxylic acids is 2. The van der Waals surface area contributed by atoms with Gasteiger partial charge in [0.1, 0.15) is 12.4 Å². The predicted molar refractivity (Wildman–Crippen MR) is 68.8 cm³/mol. The van der Waals surface area contributed by atoms with Crippen molar-refractivity contribution in [3.8, 4) is 0 Å². The Bertz CT molecular complexity index is 411. The average Bonchev–Trinajstić information content (AvgIpc) is 2.40. The van der Waals surface area contributed by atoms with Crippen LogP contribution in [0.25, 0.3) is 0 Å². The highest BCUT2D eigenvalue weighted by Gasteiger charge is 2.25. The molecule has 1 rings (SSSR count). The lowest BCUT2D eigenvalue weighted by atomic mass is 9.91. The molecule has 1 aliphatic carbocycles. The lowest BCUT2D eigenvalue weighted by Gasteiger charge is -2.16. The van der Waals surface area contributed by atoms with Crippen LogP contribution >= 0.6 is 0 Å². The third-order valence-electron chi connectivity index (χ3n) is 2.77. The molecule has 0 atom stereocenters. The predicted octanol–water partition coefficient (Wildman–Crippen LogP) is 1.90. The highest BCUT2D eigenvalue weighted by molar-refractivity contribution is 6.23. The molecule has 19 heavy (non-hydrogen) atoms. The number of hydrogen-bond donors (Lipinski definition) is 1. The first-order valence-corrected chi connectivity index (χ1v) is 6.31. The monoisotopic (exact) mass is 269 g/mol. The summed E-state index contributed by atoms with van der Waals surface area (Å²) in [4.78, 5) is 28.0.